The Balaban J connectivity index is 1.50. The molecule has 0 unspecified atom stereocenters. The molecule has 0 aliphatic heterocycles. The van der Waals surface area contributed by atoms with Gasteiger partial charge in [-0.1, -0.05) is 29.0 Å². The molecule has 3 aromatic rings. The molecule has 0 saturated heterocycles. The highest BCUT2D eigenvalue weighted by atomic mass is 32.1. The van der Waals surface area contributed by atoms with Crippen molar-refractivity contribution in [2.45, 2.75) is 13.3 Å². The lowest BCUT2D eigenvalue weighted by molar-refractivity contribution is -0.384. The average molecular weight is 424 g/mol. The number of nitrogens with one attached hydrogen (secondary N) is 2. The molecule has 2 N–H and O–H groups in total. The smallest absolute Gasteiger partial charge is 0.269 e. The number of carbonyl (C=O) groups excluding carboxylic acids is 2. The van der Waals surface area contributed by atoms with Crippen molar-refractivity contribution in [2.24, 2.45) is 5.10 Å². The fourth-order valence-electron chi connectivity index (χ4n) is 2.29. The van der Waals surface area contributed by atoms with Crippen LogP contribution in [0.5, 0.6) is 0 Å². The van der Waals surface area contributed by atoms with Crippen molar-refractivity contribution in [3.05, 3.63) is 80.3 Å². The van der Waals surface area contributed by atoms with Crippen LogP contribution >= 0.6 is 11.3 Å². The topological polar surface area (TPSA) is 139 Å². The number of aryl methyl sites for hydroxylation is 1. The van der Waals surface area contributed by atoms with Gasteiger partial charge in [0.25, 0.3) is 11.6 Å². The highest BCUT2D eigenvalue weighted by molar-refractivity contribution is 7.15. The summed E-state index contributed by atoms with van der Waals surface area (Å²) in [4.78, 5) is 34.3. The summed E-state index contributed by atoms with van der Waals surface area (Å²) in [7, 11) is 0. The van der Waals surface area contributed by atoms with Crippen LogP contribution in [0.3, 0.4) is 0 Å². The van der Waals surface area contributed by atoms with Crippen molar-refractivity contribution in [1.82, 2.24) is 15.6 Å². The number of aromatic nitrogens is 2. The minimum Gasteiger partial charge on any atom is -0.296 e. The molecule has 0 aliphatic carbocycles. The van der Waals surface area contributed by atoms with E-state index in [-0.39, 0.29) is 23.1 Å². The first-order valence-electron chi connectivity index (χ1n) is 8.67. The van der Waals surface area contributed by atoms with Crippen molar-refractivity contribution < 1.29 is 14.5 Å². The SMILES string of the molecule is Cc1ccc(C(=O)Nc2nnc(CC(=O)NN=Cc3ccc([N+](=O)[O-])cc3)s2)cc1. The summed E-state index contributed by atoms with van der Waals surface area (Å²) in [5.41, 5.74) is 4.46. The van der Waals surface area contributed by atoms with Crippen molar-refractivity contribution >= 4 is 40.2 Å². The summed E-state index contributed by atoms with van der Waals surface area (Å²) in [6.45, 7) is 1.93. The lowest BCUT2D eigenvalue weighted by atomic mass is 10.1. The summed E-state index contributed by atoms with van der Waals surface area (Å²) in [6, 6.07) is 12.8. The Kier molecular flexibility index (Phi) is 6.55. The molecule has 0 fully saturated rings. The molecule has 11 heteroatoms. The second kappa shape index (κ2) is 9.47. The fraction of sp³-hybridized carbons (Fsp3) is 0.105. The Hall–Kier alpha value is -3.99. The van der Waals surface area contributed by atoms with Gasteiger partial charge in [0.15, 0.2) is 0 Å². The number of anilines is 1. The molecule has 0 radical (unpaired) electrons. The van der Waals surface area contributed by atoms with E-state index in [2.05, 4.69) is 26.0 Å². The van der Waals surface area contributed by atoms with Gasteiger partial charge in [-0.3, -0.25) is 25.0 Å². The number of nitrogens with zero attached hydrogens (tertiary/aromatic N) is 4. The van der Waals surface area contributed by atoms with Crippen LogP contribution in [0.15, 0.2) is 53.6 Å². The monoisotopic (exact) mass is 424 g/mol. The van der Waals surface area contributed by atoms with Crippen molar-refractivity contribution in [1.29, 1.82) is 0 Å². The van der Waals surface area contributed by atoms with Crippen LogP contribution in [0.25, 0.3) is 0 Å². The molecule has 30 heavy (non-hydrogen) atoms. The number of hydrogen-bond acceptors (Lipinski definition) is 8. The van der Waals surface area contributed by atoms with Crippen LogP contribution < -0.4 is 10.7 Å². The zero-order chi connectivity index (χ0) is 21.5. The van der Waals surface area contributed by atoms with Gasteiger partial charge in [0.1, 0.15) is 5.01 Å². The highest BCUT2D eigenvalue weighted by Crippen LogP contribution is 2.17. The second-order valence-corrected chi connectivity index (χ2v) is 7.20. The van der Waals surface area contributed by atoms with Gasteiger partial charge in [0, 0.05) is 17.7 Å². The van der Waals surface area contributed by atoms with E-state index in [1.54, 1.807) is 12.1 Å². The predicted octanol–water partition coefficient (Wildman–Crippen LogP) is 2.70. The molecular weight excluding hydrogens is 408 g/mol. The van der Waals surface area contributed by atoms with E-state index in [0.717, 1.165) is 16.9 Å². The van der Waals surface area contributed by atoms with Crippen LogP contribution in [0.1, 0.15) is 26.5 Å². The van der Waals surface area contributed by atoms with Gasteiger partial charge in [-0.15, -0.1) is 10.2 Å². The van der Waals surface area contributed by atoms with Crippen LogP contribution in [-0.2, 0) is 11.2 Å². The number of hydrogen-bond donors (Lipinski definition) is 2. The van der Waals surface area contributed by atoms with Crippen LogP contribution in [0, 0.1) is 17.0 Å². The van der Waals surface area contributed by atoms with Crippen molar-refractivity contribution in [2.75, 3.05) is 5.32 Å². The minimum absolute atomic E-state index is 0.0299. The van der Waals surface area contributed by atoms with E-state index >= 15 is 0 Å². The molecule has 3 rings (SSSR count). The zero-order valence-electron chi connectivity index (χ0n) is 15.7. The second-order valence-electron chi connectivity index (χ2n) is 6.14. The first kappa shape index (κ1) is 20.7. The largest absolute Gasteiger partial charge is 0.296 e. The number of hydrazone groups is 1. The lowest BCUT2D eigenvalue weighted by Gasteiger charge is -2.01. The normalized spacial score (nSPS) is 10.7. The van der Waals surface area contributed by atoms with E-state index in [9.17, 15) is 19.7 Å². The van der Waals surface area contributed by atoms with Crippen LogP contribution in [0.2, 0.25) is 0 Å². The maximum absolute atomic E-state index is 12.2. The first-order valence-corrected chi connectivity index (χ1v) is 9.49. The third-order valence-electron chi connectivity index (χ3n) is 3.82. The number of rotatable bonds is 7. The Bertz CT molecular complexity index is 1090. The molecule has 0 saturated carbocycles. The molecule has 1 aromatic heterocycles. The average Bonchev–Trinajstić information content (AvgIpc) is 3.15. The van der Waals surface area contributed by atoms with E-state index in [0.29, 0.717) is 16.1 Å². The summed E-state index contributed by atoms with van der Waals surface area (Å²) in [5.74, 6) is -0.726. The molecule has 0 bridgehead atoms. The fourth-order valence-corrected chi connectivity index (χ4v) is 3.02. The lowest BCUT2D eigenvalue weighted by Crippen LogP contribution is -2.19. The van der Waals surface area contributed by atoms with Gasteiger partial charge in [-0.2, -0.15) is 5.10 Å². The number of benzene rings is 2. The third kappa shape index (κ3) is 5.75. The van der Waals surface area contributed by atoms with Crippen LogP contribution in [-0.4, -0.2) is 33.1 Å². The molecular formula is C19H16N6O4S. The molecule has 0 aliphatic rings. The Morgan fingerprint density at radius 1 is 1.13 bits per heavy atom. The first-order chi connectivity index (χ1) is 14.4. The third-order valence-corrected chi connectivity index (χ3v) is 4.66. The number of nitro groups is 1. The number of nitro benzene ring substituents is 1. The minimum atomic E-state index is -0.498. The van der Waals surface area contributed by atoms with Gasteiger partial charge < -0.3 is 0 Å². The maximum atomic E-state index is 12.2. The molecule has 152 valence electrons. The maximum Gasteiger partial charge on any atom is 0.269 e. The molecule has 0 atom stereocenters. The summed E-state index contributed by atoms with van der Waals surface area (Å²) >= 11 is 1.09. The van der Waals surface area contributed by atoms with Gasteiger partial charge in [0.2, 0.25) is 11.0 Å². The predicted molar refractivity (Wildman–Crippen MR) is 112 cm³/mol. The number of amides is 2. The number of non-ortho nitro benzene ring substituents is 1. The molecule has 2 aromatic carbocycles. The van der Waals surface area contributed by atoms with E-state index in [1.165, 1.54) is 30.5 Å². The summed E-state index contributed by atoms with van der Waals surface area (Å²) in [6.07, 6.45) is 1.31. The Morgan fingerprint density at radius 2 is 1.83 bits per heavy atom. The summed E-state index contributed by atoms with van der Waals surface area (Å²) < 4.78 is 0. The van der Waals surface area contributed by atoms with E-state index < -0.39 is 10.8 Å². The number of carbonyl (C=O) groups is 2. The quantitative estimate of drug-likeness (QED) is 0.339. The Morgan fingerprint density at radius 3 is 2.50 bits per heavy atom. The zero-order valence-corrected chi connectivity index (χ0v) is 16.5. The van der Waals surface area contributed by atoms with Gasteiger partial charge in [-0.25, -0.2) is 5.43 Å². The highest BCUT2D eigenvalue weighted by Gasteiger charge is 2.12. The molecule has 10 nitrogen and oxygen atoms in total. The molecule has 1 heterocycles. The van der Waals surface area contributed by atoms with Gasteiger partial charge >= 0.3 is 0 Å². The van der Waals surface area contributed by atoms with Crippen molar-refractivity contribution in [3.63, 3.8) is 0 Å². The standard InChI is InChI=1S/C19H16N6O4S/c1-12-2-6-14(7-3-12)18(27)21-19-24-23-17(30-19)10-16(26)22-20-11-13-4-8-15(9-5-13)25(28)29/h2-9,11H,10H2,1H3,(H,22,26)(H,21,24,27). The summed E-state index contributed by atoms with van der Waals surface area (Å²) in [5, 5.41) is 25.5. The van der Waals surface area contributed by atoms with Gasteiger partial charge in [0.05, 0.1) is 17.6 Å². The van der Waals surface area contributed by atoms with E-state index in [1.807, 2.05) is 19.1 Å². The Labute approximate surface area is 174 Å². The van der Waals surface area contributed by atoms with Crippen molar-refractivity contribution in [3.8, 4) is 0 Å². The molecule has 0 spiro atoms. The van der Waals surface area contributed by atoms with Gasteiger partial charge in [-0.05, 0) is 36.8 Å². The van der Waals surface area contributed by atoms with E-state index in [4.69, 9.17) is 0 Å². The van der Waals surface area contributed by atoms with Crippen LogP contribution in [0.4, 0.5) is 10.8 Å². The molecule has 2 amide bonds.